The van der Waals surface area contributed by atoms with Crippen LogP contribution in [0.3, 0.4) is 0 Å². The fraction of sp³-hybridized carbons (Fsp3) is 0.278. The maximum atomic E-state index is 12.5. The molecule has 2 aromatic carbocycles. The Bertz CT molecular complexity index is 826. The molecule has 1 heterocycles. The number of nitrogens with zero attached hydrogens (tertiary/aromatic N) is 1. The van der Waals surface area contributed by atoms with Gasteiger partial charge in [0.25, 0.3) is 0 Å². The normalized spacial score (nSPS) is 13.0. The number of rotatable bonds is 4. The van der Waals surface area contributed by atoms with Crippen LogP contribution >= 0.6 is 0 Å². The van der Waals surface area contributed by atoms with Crippen LogP contribution in [0.5, 0.6) is 17.2 Å². The van der Waals surface area contributed by atoms with Crippen LogP contribution in [0.25, 0.3) is 0 Å². The number of ether oxygens (including phenoxy) is 3. The third-order valence-corrected chi connectivity index (χ3v) is 3.73. The molecule has 1 aliphatic heterocycles. The lowest BCUT2D eigenvalue weighted by molar-refractivity contribution is -0.274. The van der Waals surface area contributed by atoms with Crippen LogP contribution < -0.4 is 19.5 Å². The number of fused-ring (bicyclic) bond motifs is 1. The molecule has 1 aliphatic rings. The van der Waals surface area contributed by atoms with Crippen molar-refractivity contribution < 1.29 is 32.2 Å². The predicted octanol–water partition coefficient (Wildman–Crippen LogP) is 4.02. The number of anilines is 1. The summed E-state index contributed by atoms with van der Waals surface area (Å²) in [6, 6.07) is 10.1. The number of halogens is 3. The number of benzene rings is 2. The Hall–Kier alpha value is -3.10. The molecule has 0 aliphatic carbocycles. The highest BCUT2D eigenvalue weighted by Crippen LogP contribution is 2.32. The Morgan fingerprint density at radius 2 is 1.85 bits per heavy atom. The zero-order valence-corrected chi connectivity index (χ0v) is 14.4. The first kappa shape index (κ1) is 18.7. The van der Waals surface area contributed by atoms with Crippen molar-refractivity contribution in [3.63, 3.8) is 0 Å². The highest BCUT2D eigenvalue weighted by Gasteiger charge is 2.32. The molecular weight excluding hydrogens is 365 g/mol. The molecule has 0 atom stereocenters. The third-order valence-electron chi connectivity index (χ3n) is 3.73. The molecule has 0 bridgehead atoms. The number of hydrogen-bond donors (Lipinski definition) is 1. The van der Waals surface area contributed by atoms with Gasteiger partial charge >= 0.3 is 12.4 Å². The summed E-state index contributed by atoms with van der Waals surface area (Å²) in [6.45, 7) is 1.15. The number of hydrogen-bond acceptors (Lipinski definition) is 4. The molecule has 6 nitrogen and oxygen atoms in total. The Kier molecular flexibility index (Phi) is 5.29. The SMILES string of the molecule is CN(Cc1ccc2c(c1)OCCO2)C(=O)Nc1ccccc1OC(F)(F)F. The van der Waals surface area contributed by atoms with E-state index in [0.717, 1.165) is 11.6 Å². The summed E-state index contributed by atoms with van der Waals surface area (Å²) >= 11 is 0. The highest BCUT2D eigenvalue weighted by molar-refractivity contribution is 5.90. The lowest BCUT2D eigenvalue weighted by atomic mass is 10.2. The lowest BCUT2D eigenvalue weighted by Gasteiger charge is -2.22. The minimum Gasteiger partial charge on any atom is -0.486 e. The minimum absolute atomic E-state index is 0.0751. The first-order valence-electron chi connectivity index (χ1n) is 8.07. The van der Waals surface area contributed by atoms with Crippen LogP contribution in [0.4, 0.5) is 23.7 Å². The summed E-state index contributed by atoms with van der Waals surface area (Å²) in [6.07, 6.45) is -4.85. The highest BCUT2D eigenvalue weighted by atomic mass is 19.4. The van der Waals surface area contributed by atoms with Crippen molar-refractivity contribution in [2.24, 2.45) is 0 Å². The van der Waals surface area contributed by atoms with Gasteiger partial charge in [-0.15, -0.1) is 13.2 Å². The number of carbonyl (C=O) groups excluding carboxylic acids is 1. The van der Waals surface area contributed by atoms with Gasteiger partial charge in [0.15, 0.2) is 17.2 Å². The van der Waals surface area contributed by atoms with Gasteiger partial charge in [-0.05, 0) is 29.8 Å². The van der Waals surface area contributed by atoms with Crippen LogP contribution in [0.15, 0.2) is 42.5 Å². The molecular formula is C18H17F3N2O4. The maximum absolute atomic E-state index is 12.5. The molecule has 3 rings (SSSR count). The van der Waals surface area contributed by atoms with E-state index < -0.39 is 18.1 Å². The van der Waals surface area contributed by atoms with Crippen molar-refractivity contribution in [2.45, 2.75) is 12.9 Å². The molecule has 0 spiro atoms. The van der Waals surface area contributed by atoms with Crippen LogP contribution in [-0.4, -0.2) is 37.6 Å². The van der Waals surface area contributed by atoms with Crippen molar-refractivity contribution in [1.82, 2.24) is 4.90 Å². The Morgan fingerprint density at radius 3 is 2.59 bits per heavy atom. The lowest BCUT2D eigenvalue weighted by Crippen LogP contribution is -2.31. The van der Waals surface area contributed by atoms with Crippen LogP contribution in [0, 0.1) is 0 Å². The van der Waals surface area contributed by atoms with E-state index in [0.29, 0.717) is 24.7 Å². The van der Waals surface area contributed by atoms with E-state index in [1.165, 1.54) is 30.1 Å². The number of carbonyl (C=O) groups is 1. The maximum Gasteiger partial charge on any atom is 0.573 e. The third kappa shape index (κ3) is 4.96. The molecule has 9 heteroatoms. The van der Waals surface area contributed by atoms with E-state index in [9.17, 15) is 18.0 Å². The fourth-order valence-corrected chi connectivity index (χ4v) is 2.53. The van der Waals surface area contributed by atoms with Crippen LogP contribution in [-0.2, 0) is 6.54 Å². The van der Waals surface area contributed by atoms with Gasteiger partial charge in [-0.2, -0.15) is 0 Å². The second-order valence-electron chi connectivity index (χ2n) is 5.81. The van der Waals surface area contributed by atoms with Crippen molar-refractivity contribution in [1.29, 1.82) is 0 Å². The molecule has 144 valence electrons. The van der Waals surface area contributed by atoms with Gasteiger partial charge in [-0.3, -0.25) is 0 Å². The average Bonchev–Trinajstić information content (AvgIpc) is 2.62. The molecule has 0 aromatic heterocycles. The summed E-state index contributed by atoms with van der Waals surface area (Å²) in [5.41, 5.74) is 0.713. The number of nitrogens with one attached hydrogen (secondary N) is 1. The van der Waals surface area contributed by atoms with Crippen LogP contribution in [0.2, 0.25) is 0 Å². The molecule has 0 unspecified atom stereocenters. The van der Waals surface area contributed by atoms with Gasteiger partial charge in [-0.1, -0.05) is 18.2 Å². The molecule has 27 heavy (non-hydrogen) atoms. The molecule has 0 fully saturated rings. The van der Waals surface area contributed by atoms with E-state index in [1.54, 1.807) is 18.2 Å². The summed E-state index contributed by atoms with van der Waals surface area (Å²) in [4.78, 5) is 13.7. The van der Waals surface area contributed by atoms with Gasteiger partial charge < -0.3 is 24.4 Å². The number of urea groups is 1. The van der Waals surface area contributed by atoms with Crippen molar-refractivity contribution >= 4 is 11.7 Å². The summed E-state index contributed by atoms with van der Waals surface area (Å²) in [5.74, 6) is 0.748. The second kappa shape index (κ2) is 7.65. The monoisotopic (exact) mass is 382 g/mol. The molecule has 1 N–H and O–H groups in total. The summed E-state index contributed by atoms with van der Waals surface area (Å²) in [5, 5.41) is 2.42. The zero-order valence-electron chi connectivity index (χ0n) is 14.4. The topological polar surface area (TPSA) is 60.0 Å². The van der Waals surface area contributed by atoms with Gasteiger partial charge in [0, 0.05) is 13.6 Å². The molecule has 2 amide bonds. The summed E-state index contributed by atoms with van der Waals surface area (Å²) < 4.78 is 52.3. The quantitative estimate of drug-likeness (QED) is 0.868. The first-order chi connectivity index (χ1) is 12.8. The second-order valence-corrected chi connectivity index (χ2v) is 5.81. The molecule has 0 saturated heterocycles. The van der Waals surface area contributed by atoms with E-state index in [-0.39, 0.29) is 12.2 Å². The standard InChI is InChI=1S/C18H17F3N2O4/c1-23(11-12-6-7-15-16(10-12)26-9-8-25-15)17(24)22-13-4-2-3-5-14(13)27-18(19,20)21/h2-7,10H,8-9,11H2,1H3,(H,22,24). The Balaban J connectivity index is 1.66. The van der Waals surface area contributed by atoms with Gasteiger partial charge in [0.1, 0.15) is 13.2 Å². The average molecular weight is 382 g/mol. The zero-order chi connectivity index (χ0) is 19.4. The Morgan fingerprint density at radius 1 is 1.15 bits per heavy atom. The van der Waals surface area contributed by atoms with Crippen molar-refractivity contribution in [2.75, 3.05) is 25.6 Å². The van der Waals surface area contributed by atoms with E-state index in [1.807, 2.05) is 0 Å². The largest absolute Gasteiger partial charge is 0.573 e. The minimum atomic E-state index is -4.85. The smallest absolute Gasteiger partial charge is 0.486 e. The molecule has 2 aromatic rings. The Labute approximate surface area is 153 Å². The summed E-state index contributed by atoms with van der Waals surface area (Å²) in [7, 11) is 1.53. The fourth-order valence-electron chi connectivity index (χ4n) is 2.53. The van der Waals surface area contributed by atoms with E-state index in [4.69, 9.17) is 9.47 Å². The number of para-hydroxylation sites is 2. The van der Waals surface area contributed by atoms with Crippen molar-refractivity contribution in [3.05, 3.63) is 48.0 Å². The number of alkyl halides is 3. The van der Waals surface area contributed by atoms with E-state index in [2.05, 4.69) is 10.1 Å². The van der Waals surface area contributed by atoms with E-state index >= 15 is 0 Å². The first-order valence-corrected chi connectivity index (χ1v) is 8.07. The molecule has 0 saturated carbocycles. The van der Waals surface area contributed by atoms with Gasteiger partial charge in [0.2, 0.25) is 0 Å². The van der Waals surface area contributed by atoms with Gasteiger partial charge in [0.05, 0.1) is 5.69 Å². The van der Waals surface area contributed by atoms with Crippen molar-refractivity contribution in [3.8, 4) is 17.2 Å². The number of amides is 2. The predicted molar refractivity (Wildman–Crippen MR) is 91.0 cm³/mol. The van der Waals surface area contributed by atoms with Crippen LogP contribution in [0.1, 0.15) is 5.56 Å². The van der Waals surface area contributed by atoms with Gasteiger partial charge in [-0.25, -0.2) is 4.79 Å². The molecule has 0 radical (unpaired) electrons.